The molecule has 0 saturated carbocycles. The molecule has 1 heterocycles. The quantitative estimate of drug-likeness (QED) is 0.652. The molecule has 0 aromatic rings. The lowest BCUT2D eigenvalue weighted by Gasteiger charge is -2.46. The first kappa shape index (κ1) is 16.9. The van der Waals surface area contributed by atoms with Gasteiger partial charge >= 0.3 is 0 Å². The van der Waals surface area contributed by atoms with Crippen LogP contribution >= 0.6 is 0 Å². The maximum atomic E-state index is 5.74. The molecule has 1 N–H and O–H groups in total. The van der Waals surface area contributed by atoms with Crippen molar-refractivity contribution in [3.05, 3.63) is 0 Å². The van der Waals surface area contributed by atoms with Crippen LogP contribution in [0.5, 0.6) is 0 Å². The molecule has 3 nitrogen and oxygen atoms in total. The molecule has 19 heavy (non-hydrogen) atoms. The maximum Gasteiger partial charge on any atom is 0.0593 e. The van der Waals surface area contributed by atoms with Crippen molar-refractivity contribution in [2.24, 2.45) is 0 Å². The highest BCUT2D eigenvalue weighted by Gasteiger charge is 2.33. The van der Waals surface area contributed by atoms with Gasteiger partial charge in [0.2, 0.25) is 0 Å². The molecular formula is C16H34N2O. The van der Waals surface area contributed by atoms with Crippen LogP contribution in [0.1, 0.15) is 59.8 Å². The molecule has 0 spiro atoms. The third-order valence-corrected chi connectivity index (χ3v) is 4.40. The molecule has 1 aliphatic rings. The first-order valence-corrected chi connectivity index (χ1v) is 8.22. The Bertz CT molecular complexity index is 235. The summed E-state index contributed by atoms with van der Waals surface area (Å²) in [4.78, 5) is 2.65. The van der Waals surface area contributed by atoms with Crippen molar-refractivity contribution in [2.75, 3.05) is 32.8 Å². The maximum absolute atomic E-state index is 5.74. The number of nitrogens with one attached hydrogen (secondary N) is 1. The zero-order chi connectivity index (χ0) is 14.1. The predicted octanol–water partition coefficient (Wildman–Crippen LogP) is 3.05. The molecule has 0 bridgehead atoms. The minimum Gasteiger partial charge on any atom is -0.380 e. The van der Waals surface area contributed by atoms with Crippen LogP contribution in [0.2, 0.25) is 0 Å². The molecule has 0 radical (unpaired) electrons. The Morgan fingerprint density at radius 1 is 1.21 bits per heavy atom. The van der Waals surface area contributed by atoms with Gasteiger partial charge < -0.3 is 10.1 Å². The van der Waals surface area contributed by atoms with Crippen LogP contribution in [0.25, 0.3) is 0 Å². The largest absolute Gasteiger partial charge is 0.380 e. The van der Waals surface area contributed by atoms with Gasteiger partial charge in [0.15, 0.2) is 0 Å². The lowest BCUT2D eigenvalue weighted by molar-refractivity contribution is 0.0400. The van der Waals surface area contributed by atoms with Crippen LogP contribution in [0.4, 0.5) is 0 Å². The third kappa shape index (κ3) is 5.80. The standard InChI is InChI=1S/C16H34N2O/c1-5-8-11-19-12-10-18-14-16(4,7-3)17-13-15(18)9-6-2/h15,17H,5-14H2,1-4H3. The zero-order valence-electron chi connectivity index (χ0n) is 13.5. The second-order valence-electron chi connectivity index (χ2n) is 6.17. The van der Waals surface area contributed by atoms with E-state index in [4.69, 9.17) is 4.74 Å². The minimum absolute atomic E-state index is 0.285. The summed E-state index contributed by atoms with van der Waals surface area (Å²) in [6.07, 6.45) is 6.16. The first-order valence-electron chi connectivity index (χ1n) is 8.22. The van der Waals surface area contributed by atoms with Crippen molar-refractivity contribution >= 4 is 0 Å². The normalized spacial score (nSPS) is 28.7. The molecule has 0 aromatic heterocycles. The van der Waals surface area contributed by atoms with E-state index in [1.165, 1.54) is 32.1 Å². The Labute approximate surface area is 120 Å². The Hall–Kier alpha value is -0.120. The molecular weight excluding hydrogens is 236 g/mol. The summed E-state index contributed by atoms with van der Waals surface area (Å²) in [6.45, 7) is 14.3. The van der Waals surface area contributed by atoms with Gasteiger partial charge in [-0.1, -0.05) is 33.6 Å². The lowest BCUT2D eigenvalue weighted by Crippen LogP contribution is -2.63. The fourth-order valence-electron chi connectivity index (χ4n) is 2.77. The summed E-state index contributed by atoms with van der Waals surface area (Å²) < 4.78 is 5.74. The van der Waals surface area contributed by atoms with Gasteiger partial charge in [-0.25, -0.2) is 0 Å². The SMILES string of the molecule is CCCCOCCN1CC(C)(CC)NCC1CCC. The fraction of sp³-hybridized carbons (Fsp3) is 1.00. The Morgan fingerprint density at radius 2 is 2.00 bits per heavy atom. The van der Waals surface area contributed by atoms with Gasteiger partial charge in [0.25, 0.3) is 0 Å². The molecule has 1 rings (SSSR count). The van der Waals surface area contributed by atoms with Crippen LogP contribution in [0.3, 0.4) is 0 Å². The molecule has 2 atom stereocenters. The van der Waals surface area contributed by atoms with Gasteiger partial charge in [0.1, 0.15) is 0 Å². The predicted molar refractivity (Wildman–Crippen MR) is 82.7 cm³/mol. The number of ether oxygens (including phenoxy) is 1. The topological polar surface area (TPSA) is 24.5 Å². The van der Waals surface area contributed by atoms with Gasteiger partial charge in [-0.05, 0) is 26.2 Å². The Morgan fingerprint density at radius 3 is 2.63 bits per heavy atom. The van der Waals surface area contributed by atoms with Crippen molar-refractivity contribution in [3.8, 4) is 0 Å². The van der Waals surface area contributed by atoms with E-state index in [1.807, 2.05) is 0 Å². The van der Waals surface area contributed by atoms with Crippen molar-refractivity contribution in [2.45, 2.75) is 71.4 Å². The second kappa shape index (κ2) is 8.93. The molecule has 0 aromatic carbocycles. The van der Waals surface area contributed by atoms with E-state index in [0.29, 0.717) is 6.04 Å². The Kier molecular flexibility index (Phi) is 7.96. The monoisotopic (exact) mass is 270 g/mol. The highest BCUT2D eigenvalue weighted by molar-refractivity contribution is 4.94. The average Bonchev–Trinajstić information content (AvgIpc) is 2.42. The van der Waals surface area contributed by atoms with Gasteiger partial charge in [0.05, 0.1) is 6.61 Å². The highest BCUT2D eigenvalue weighted by Crippen LogP contribution is 2.20. The van der Waals surface area contributed by atoms with Crippen LogP contribution in [-0.2, 0) is 4.74 Å². The molecule has 0 amide bonds. The third-order valence-electron chi connectivity index (χ3n) is 4.40. The number of rotatable bonds is 9. The number of hydrogen-bond acceptors (Lipinski definition) is 3. The molecule has 2 unspecified atom stereocenters. The summed E-state index contributed by atoms with van der Waals surface area (Å²) in [5, 5.41) is 3.74. The van der Waals surface area contributed by atoms with E-state index in [1.54, 1.807) is 0 Å². The van der Waals surface area contributed by atoms with Crippen molar-refractivity contribution in [1.82, 2.24) is 10.2 Å². The fourth-order valence-corrected chi connectivity index (χ4v) is 2.77. The van der Waals surface area contributed by atoms with Gasteiger partial charge in [-0.15, -0.1) is 0 Å². The summed E-state index contributed by atoms with van der Waals surface area (Å²) >= 11 is 0. The molecule has 1 fully saturated rings. The molecule has 114 valence electrons. The lowest BCUT2D eigenvalue weighted by atomic mass is 9.92. The van der Waals surface area contributed by atoms with E-state index in [-0.39, 0.29) is 5.54 Å². The Balaban J connectivity index is 2.38. The second-order valence-corrected chi connectivity index (χ2v) is 6.17. The average molecular weight is 270 g/mol. The minimum atomic E-state index is 0.285. The summed E-state index contributed by atoms with van der Waals surface area (Å²) in [7, 11) is 0. The van der Waals surface area contributed by atoms with Gasteiger partial charge in [-0.3, -0.25) is 4.90 Å². The van der Waals surface area contributed by atoms with Crippen LogP contribution in [-0.4, -0.2) is 49.3 Å². The van der Waals surface area contributed by atoms with E-state index in [0.717, 1.165) is 32.8 Å². The van der Waals surface area contributed by atoms with E-state index < -0.39 is 0 Å². The van der Waals surface area contributed by atoms with Crippen LogP contribution in [0, 0.1) is 0 Å². The molecule has 0 aliphatic carbocycles. The molecule has 1 saturated heterocycles. The van der Waals surface area contributed by atoms with Gasteiger partial charge in [-0.2, -0.15) is 0 Å². The number of unbranched alkanes of at least 4 members (excludes halogenated alkanes) is 1. The number of piperazine rings is 1. The smallest absolute Gasteiger partial charge is 0.0593 e. The van der Waals surface area contributed by atoms with Crippen molar-refractivity contribution in [1.29, 1.82) is 0 Å². The number of hydrogen-bond donors (Lipinski definition) is 1. The van der Waals surface area contributed by atoms with Crippen molar-refractivity contribution in [3.63, 3.8) is 0 Å². The van der Waals surface area contributed by atoms with E-state index in [9.17, 15) is 0 Å². The first-order chi connectivity index (χ1) is 9.15. The summed E-state index contributed by atoms with van der Waals surface area (Å²) in [5.74, 6) is 0. The van der Waals surface area contributed by atoms with E-state index in [2.05, 4.69) is 37.9 Å². The highest BCUT2D eigenvalue weighted by atomic mass is 16.5. The summed E-state index contributed by atoms with van der Waals surface area (Å²) in [6, 6.07) is 0.694. The van der Waals surface area contributed by atoms with E-state index >= 15 is 0 Å². The zero-order valence-corrected chi connectivity index (χ0v) is 13.5. The molecule has 3 heteroatoms. The number of nitrogens with zero attached hydrogens (tertiary/aromatic N) is 1. The van der Waals surface area contributed by atoms with Crippen molar-refractivity contribution < 1.29 is 4.74 Å². The molecule has 1 aliphatic heterocycles. The summed E-state index contributed by atoms with van der Waals surface area (Å²) in [5.41, 5.74) is 0.285. The van der Waals surface area contributed by atoms with Gasteiger partial charge in [0, 0.05) is 37.8 Å². The van der Waals surface area contributed by atoms with Crippen LogP contribution in [0.15, 0.2) is 0 Å². The van der Waals surface area contributed by atoms with Crippen LogP contribution < -0.4 is 5.32 Å².